The number of hydrogen-bond acceptors (Lipinski definition) is 2. The van der Waals surface area contributed by atoms with E-state index in [-0.39, 0.29) is 0 Å². The first-order valence-corrected chi connectivity index (χ1v) is 4.85. The quantitative estimate of drug-likeness (QED) is 0.653. The van der Waals surface area contributed by atoms with Crippen LogP contribution >= 0.6 is 0 Å². The van der Waals surface area contributed by atoms with Crippen molar-refractivity contribution in [2.45, 2.75) is 38.6 Å². The number of nitrogens with one attached hydrogen (secondary N) is 1. The van der Waals surface area contributed by atoms with Gasteiger partial charge < -0.3 is 10.4 Å². The van der Waals surface area contributed by atoms with Gasteiger partial charge in [-0.25, -0.2) is 4.79 Å². The lowest BCUT2D eigenvalue weighted by Crippen LogP contribution is -2.28. The number of hydrogen-bond donors (Lipinski definition) is 2. The van der Waals surface area contributed by atoms with Crippen LogP contribution in [0.3, 0.4) is 0 Å². The molecule has 0 saturated heterocycles. The molecule has 0 aromatic rings. The predicted molar refractivity (Wildman–Crippen MR) is 51.3 cm³/mol. The maximum absolute atomic E-state index is 10.2. The maximum atomic E-state index is 10.2. The van der Waals surface area contributed by atoms with E-state index in [1.807, 2.05) is 0 Å². The van der Waals surface area contributed by atoms with Crippen LogP contribution in [0.1, 0.15) is 32.6 Å². The summed E-state index contributed by atoms with van der Waals surface area (Å²) < 4.78 is 0. The molecule has 1 aliphatic rings. The molecule has 3 nitrogen and oxygen atoms in total. The number of carboxylic acids is 1. The van der Waals surface area contributed by atoms with Crippen molar-refractivity contribution < 1.29 is 9.90 Å². The molecule has 0 aliphatic heterocycles. The van der Waals surface area contributed by atoms with E-state index in [0.717, 1.165) is 12.0 Å². The zero-order chi connectivity index (χ0) is 9.68. The number of rotatable bonds is 4. The summed E-state index contributed by atoms with van der Waals surface area (Å²) in [5, 5.41) is 11.5. The van der Waals surface area contributed by atoms with Crippen LogP contribution in [0.2, 0.25) is 0 Å². The molecular weight excluding hydrogens is 166 g/mol. The Labute approximate surface area is 78.8 Å². The fraction of sp³-hybridized carbons (Fsp3) is 0.700. The molecule has 0 spiro atoms. The first-order chi connectivity index (χ1) is 6.20. The Morgan fingerprint density at radius 2 is 2.15 bits per heavy atom. The van der Waals surface area contributed by atoms with Gasteiger partial charge in [0.1, 0.15) is 0 Å². The van der Waals surface area contributed by atoms with E-state index in [1.165, 1.54) is 31.9 Å². The Balaban J connectivity index is 2.23. The minimum Gasteiger partial charge on any atom is -0.478 e. The summed E-state index contributed by atoms with van der Waals surface area (Å²) in [6.07, 6.45) is 7.86. The Morgan fingerprint density at radius 3 is 2.69 bits per heavy atom. The maximum Gasteiger partial charge on any atom is 0.329 e. The van der Waals surface area contributed by atoms with E-state index in [0.29, 0.717) is 6.04 Å². The Morgan fingerprint density at radius 1 is 1.54 bits per heavy atom. The zero-order valence-electron chi connectivity index (χ0n) is 7.99. The third-order valence-electron chi connectivity index (χ3n) is 2.69. The molecule has 1 aliphatic carbocycles. The topological polar surface area (TPSA) is 49.3 Å². The van der Waals surface area contributed by atoms with Gasteiger partial charge >= 0.3 is 5.97 Å². The average Bonchev–Trinajstić information content (AvgIpc) is 2.55. The van der Waals surface area contributed by atoms with Crippen LogP contribution in [-0.2, 0) is 4.79 Å². The minimum absolute atomic E-state index is 0.401. The van der Waals surface area contributed by atoms with Crippen LogP contribution in [0.15, 0.2) is 12.3 Å². The lowest BCUT2D eigenvalue weighted by atomic mass is 10.0. The molecule has 0 aromatic heterocycles. The highest BCUT2D eigenvalue weighted by atomic mass is 16.4. The molecule has 3 heteroatoms. The fourth-order valence-corrected chi connectivity index (χ4v) is 1.86. The molecule has 0 amide bonds. The van der Waals surface area contributed by atoms with Gasteiger partial charge in [0.05, 0.1) is 0 Å². The van der Waals surface area contributed by atoms with Gasteiger partial charge in [-0.1, -0.05) is 12.8 Å². The van der Waals surface area contributed by atoms with Crippen molar-refractivity contribution in [3.63, 3.8) is 0 Å². The van der Waals surface area contributed by atoms with Gasteiger partial charge in [-0.15, -0.1) is 0 Å². The summed E-state index contributed by atoms with van der Waals surface area (Å²) in [7, 11) is 0. The summed E-state index contributed by atoms with van der Waals surface area (Å²) in [5.41, 5.74) is 0. The Hall–Kier alpha value is -0.990. The summed E-state index contributed by atoms with van der Waals surface area (Å²) in [6.45, 7) is 2.11. The van der Waals surface area contributed by atoms with E-state index in [4.69, 9.17) is 5.11 Å². The van der Waals surface area contributed by atoms with E-state index < -0.39 is 5.97 Å². The molecular formula is C10H17NO2. The molecule has 74 valence electrons. The van der Waals surface area contributed by atoms with Gasteiger partial charge in [0.25, 0.3) is 0 Å². The molecule has 1 fully saturated rings. The van der Waals surface area contributed by atoms with E-state index in [1.54, 1.807) is 0 Å². The fourth-order valence-electron chi connectivity index (χ4n) is 1.86. The van der Waals surface area contributed by atoms with Crippen molar-refractivity contribution in [3.05, 3.63) is 12.3 Å². The average molecular weight is 183 g/mol. The highest BCUT2D eigenvalue weighted by Gasteiger charge is 2.20. The second kappa shape index (κ2) is 4.90. The summed E-state index contributed by atoms with van der Waals surface area (Å²) >= 11 is 0. The molecule has 0 aromatic carbocycles. The SMILES string of the molecule is CC(N/C=C/C(=O)O)C1CCCC1. The second-order valence-electron chi connectivity index (χ2n) is 3.67. The molecule has 0 bridgehead atoms. The highest BCUT2D eigenvalue weighted by molar-refractivity contribution is 5.79. The van der Waals surface area contributed by atoms with Gasteiger partial charge in [0.15, 0.2) is 0 Å². The molecule has 0 heterocycles. The predicted octanol–water partition coefficient (Wildman–Crippen LogP) is 1.75. The van der Waals surface area contributed by atoms with Crippen LogP contribution < -0.4 is 5.32 Å². The van der Waals surface area contributed by atoms with Crippen LogP contribution in [0.4, 0.5) is 0 Å². The Kier molecular flexibility index (Phi) is 3.80. The first kappa shape index (κ1) is 10.1. The molecule has 2 N–H and O–H groups in total. The van der Waals surface area contributed by atoms with Gasteiger partial charge in [-0.05, 0) is 25.7 Å². The molecule has 1 atom stereocenters. The van der Waals surface area contributed by atoms with Crippen molar-refractivity contribution in [2.24, 2.45) is 5.92 Å². The summed E-state index contributed by atoms with van der Waals surface area (Å²) in [6, 6.07) is 0.401. The van der Waals surface area contributed by atoms with Gasteiger partial charge in [0, 0.05) is 18.3 Å². The smallest absolute Gasteiger partial charge is 0.329 e. The normalized spacial score (nSPS) is 20.7. The van der Waals surface area contributed by atoms with Gasteiger partial charge in [-0.3, -0.25) is 0 Å². The zero-order valence-corrected chi connectivity index (χ0v) is 7.99. The van der Waals surface area contributed by atoms with Crippen molar-refractivity contribution in [2.75, 3.05) is 0 Å². The van der Waals surface area contributed by atoms with Crippen LogP contribution in [-0.4, -0.2) is 17.1 Å². The third-order valence-corrected chi connectivity index (χ3v) is 2.69. The van der Waals surface area contributed by atoms with E-state index in [2.05, 4.69) is 12.2 Å². The summed E-state index contributed by atoms with van der Waals surface area (Å²) in [5.74, 6) is -0.176. The standard InChI is InChI=1S/C10H17NO2/c1-8(9-4-2-3-5-9)11-7-6-10(12)13/h6-9,11H,2-5H2,1H3,(H,12,13)/b7-6+. The Bertz CT molecular complexity index is 195. The van der Waals surface area contributed by atoms with Crippen molar-refractivity contribution in [1.82, 2.24) is 5.32 Å². The number of carbonyl (C=O) groups is 1. The van der Waals surface area contributed by atoms with Crippen LogP contribution in [0.25, 0.3) is 0 Å². The van der Waals surface area contributed by atoms with Crippen molar-refractivity contribution >= 4 is 5.97 Å². The third kappa shape index (κ3) is 3.49. The minimum atomic E-state index is -0.897. The molecule has 0 radical (unpaired) electrons. The monoisotopic (exact) mass is 183 g/mol. The summed E-state index contributed by atoms with van der Waals surface area (Å²) in [4.78, 5) is 10.2. The number of carboxylic acid groups (broad SMARTS) is 1. The molecule has 13 heavy (non-hydrogen) atoms. The highest BCUT2D eigenvalue weighted by Crippen LogP contribution is 2.27. The largest absolute Gasteiger partial charge is 0.478 e. The lowest BCUT2D eigenvalue weighted by Gasteiger charge is -2.18. The molecule has 1 saturated carbocycles. The first-order valence-electron chi connectivity index (χ1n) is 4.85. The van der Waals surface area contributed by atoms with E-state index in [9.17, 15) is 4.79 Å². The van der Waals surface area contributed by atoms with E-state index >= 15 is 0 Å². The van der Waals surface area contributed by atoms with Crippen molar-refractivity contribution in [1.29, 1.82) is 0 Å². The second-order valence-corrected chi connectivity index (χ2v) is 3.67. The van der Waals surface area contributed by atoms with Crippen molar-refractivity contribution in [3.8, 4) is 0 Å². The van der Waals surface area contributed by atoms with Gasteiger partial charge in [0.2, 0.25) is 0 Å². The molecule has 1 rings (SSSR count). The van der Waals surface area contributed by atoms with Gasteiger partial charge in [-0.2, -0.15) is 0 Å². The molecule has 1 unspecified atom stereocenters. The van der Waals surface area contributed by atoms with Crippen LogP contribution in [0.5, 0.6) is 0 Å². The number of aliphatic carboxylic acids is 1. The lowest BCUT2D eigenvalue weighted by molar-refractivity contribution is -0.131. The van der Waals surface area contributed by atoms with Crippen LogP contribution in [0, 0.1) is 5.92 Å².